The number of nitrogens with zero attached hydrogens (tertiary/aromatic N) is 5. The Balaban J connectivity index is 0.000000175. The van der Waals surface area contributed by atoms with Crippen molar-refractivity contribution in [3.8, 4) is 44.8 Å². The number of hydrogen-bond acceptors (Lipinski definition) is 10. The van der Waals surface area contributed by atoms with Gasteiger partial charge in [-0.25, -0.2) is 19.3 Å². The number of pyridine rings is 2. The van der Waals surface area contributed by atoms with Gasteiger partial charge in [-0.1, -0.05) is 109 Å². The Morgan fingerprint density at radius 2 is 1.11 bits per heavy atom. The summed E-state index contributed by atoms with van der Waals surface area (Å²) in [6.45, 7) is 1.02. The molecule has 0 saturated heterocycles. The Morgan fingerprint density at radius 1 is 0.562 bits per heavy atom. The van der Waals surface area contributed by atoms with Crippen molar-refractivity contribution in [3.05, 3.63) is 210 Å². The highest BCUT2D eigenvalue weighted by Gasteiger charge is 2.17. The molecule has 12 heteroatoms. The number of hydrogen-bond donors (Lipinski definition) is 5. The molecule has 0 amide bonds. The Hall–Kier alpha value is -7.93. The Bertz CT molecular complexity index is 2960. The average Bonchev–Trinajstić information content (AvgIpc) is 3.34. The van der Waals surface area contributed by atoms with Gasteiger partial charge in [0.15, 0.2) is 0 Å². The van der Waals surface area contributed by atoms with Crippen molar-refractivity contribution in [3.63, 3.8) is 0 Å². The number of H-pyrrole nitrogens is 1. The van der Waals surface area contributed by atoms with Crippen molar-refractivity contribution < 1.29 is 4.39 Å². The van der Waals surface area contributed by atoms with Crippen molar-refractivity contribution in [2.75, 3.05) is 23.7 Å². The smallest absolute Gasteiger partial charge is 0.260 e. The number of nitrogens with one attached hydrogen (secondary N) is 3. The first-order valence-electron chi connectivity index (χ1n) is 21.0. The molecular weight excluding hydrogens is 800 g/mol. The second-order valence-corrected chi connectivity index (χ2v) is 15.3. The van der Waals surface area contributed by atoms with Crippen LogP contribution in [-0.2, 0) is 12.8 Å². The van der Waals surface area contributed by atoms with E-state index in [-0.39, 0.29) is 23.5 Å². The van der Waals surface area contributed by atoms with Crippen LogP contribution in [0.4, 0.5) is 16.3 Å². The highest BCUT2D eigenvalue weighted by molar-refractivity contribution is 5.90. The van der Waals surface area contributed by atoms with E-state index >= 15 is 0 Å². The Kier molecular flexibility index (Phi) is 13.9. The second kappa shape index (κ2) is 20.8. The minimum absolute atomic E-state index is 0.0412. The molecule has 11 nitrogen and oxygen atoms in total. The number of nitrogens with two attached hydrogens (primary N) is 2. The highest BCUT2D eigenvalue weighted by Crippen LogP contribution is 2.33. The van der Waals surface area contributed by atoms with E-state index in [4.69, 9.17) is 16.5 Å². The number of anilines is 2. The van der Waals surface area contributed by atoms with Crippen LogP contribution in [0.3, 0.4) is 0 Å². The van der Waals surface area contributed by atoms with E-state index in [1.54, 1.807) is 49.1 Å². The zero-order valence-corrected chi connectivity index (χ0v) is 35.0. The number of benzene rings is 5. The van der Waals surface area contributed by atoms with Crippen LogP contribution in [0.25, 0.3) is 55.5 Å². The molecule has 7 N–H and O–H groups in total. The summed E-state index contributed by atoms with van der Waals surface area (Å²) in [6.07, 6.45) is 10.2. The quantitative estimate of drug-likeness (QED) is 0.0711. The van der Waals surface area contributed by atoms with Crippen LogP contribution in [0.1, 0.15) is 11.1 Å². The lowest BCUT2D eigenvalue weighted by atomic mass is 9.98. The topological polar surface area (TPSA) is 173 Å². The minimum atomic E-state index is -0.371. The number of rotatable bonds is 14. The molecule has 0 bridgehead atoms. The van der Waals surface area contributed by atoms with Gasteiger partial charge in [-0.15, -0.1) is 0 Å². The summed E-state index contributed by atoms with van der Waals surface area (Å²) in [7, 11) is 0. The Labute approximate surface area is 370 Å². The molecule has 5 aromatic carbocycles. The molecular formula is C52H47FN10O. The van der Waals surface area contributed by atoms with Gasteiger partial charge < -0.3 is 22.1 Å². The fraction of sp³-hybridized carbons (Fsp3) is 0.115. The summed E-state index contributed by atoms with van der Waals surface area (Å²) >= 11 is 0. The molecule has 4 heterocycles. The van der Waals surface area contributed by atoms with E-state index in [2.05, 4.69) is 90.2 Å². The molecule has 0 saturated carbocycles. The van der Waals surface area contributed by atoms with Crippen LogP contribution in [0.2, 0.25) is 0 Å². The molecule has 0 unspecified atom stereocenters. The molecule has 0 aliphatic carbocycles. The number of fused-ring (bicyclic) bond motifs is 1. The fourth-order valence-electron chi connectivity index (χ4n) is 7.35. The monoisotopic (exact) mass is 846 g/mol. The second-order valence-electron chi connectivity index (χ2n) is 15.3. The lowest BCUT2D eigenvalue weighted by Crippen LogP contribution is -2.32. The van der Waals surface area contributed by atoms with Gasteiger partial charge in [0, 0.05) is 72.8 Å². The molecule has 9 aromatic rings. The maximum absolute atomic E-state index is 13.4. The number of aromatic nitrogens is 6. The summed E-state index contributed by atoms with van der Waals surface area (Å²) in [4.78, 5) is 38.1. The van der Waals surface area contributed by atoms with Gasteiger partial charge in [-0.05, 0) is 88.3 Å². The lowest BCUT2D eigenvalue weighted by Gasteiger charge is -2.15. The highest BCUT2D eigenvalue weighted by atomic mass is 19.1. The maximum Gasteiger partial charge on any atom is 0.260 e. The normalized spacial score (nSPS) is 11.9. The summed E-state index contributed by atoms with van der Waals surface area (Å²) in [5, 5.41) is 8.85. The van der Waals surface area contributed by atoms with Crippen LogP contribution in [0.15, 0.2) is 187 Å². The lowest BCUT2D eigenvalue weighted by molar-refractivity contribution is 0.628. The molecule has 318 valence electrons. The van der Waals surface area contributed by atoms with Crippen molar-refractivity contribution in [2.45, 2.75) is 24.9 Å². The summed E-state index contributed by atoms with van der Waals surface area (Å²) in [5.41, 5.74) is 20.7. The Morgan fingerprint density at radius 3 is 1.73 bits per heavy atom. The third-order valence-electron chi connectivity index (χ3n) is 10.5. The van der Waals surface area contributed by atoms with Gasteiger partial charge in [0.1, 0.15) is 5.82 Å². The average molecular weight is 847 g/mol. The summed E-state index contributed by atoms with van der Waals surface area (Å²) in [6, 6.07) is 48.1. The van der Waals surface area contributed by atoms with Gasteiger partial charge >= 0.3 is 0 Å². The van der Waals surface area contributed by atoms with E-state index in [9.17, 15) is 9.18 Å². The van der Waals surface area contributed by atoms with Crippen LogP contribution in [0, 0.1) is 5.82 Å². The molecule has 2 atom stereocenters. The molecule has 0 aliphatic heterocycles. The van der Waals surface area contributed by atoms with Gasteiger partial charge in [0.2, 0.25) is 11.9 Å². The molecule has 64 heavy (non-hydrogen) atoms. The summed E-state index contributed by atoms with van der Waals surface area (Å²) in [5.74, 6) is 0.519. The van der Waals surface area contributed by atoms with Crippen molar-refractivity contribution in [2.24, 2.45) is 11.5 Å². The third-order valence-corrected chi connectivity index (χ3v) is 10.5. The van der Waals surface area contributed by atoms with Crippen LogP contribution < -0.4 is 27.7 Å². The SMILES string of the molecule is N[C@H](CNc1nc(-c2ccncc2)c(-c2ccc(F)cc2)c(=O)[nH]1)Cc1ccccc1.N[C@H](CNc1ncc(-c2ccc3ccccc3c2)c(-c2ccncc2)n1)Cc1ccccc1. The van der Waals surface area contributed by atoms with E-state index in [1.165, 1.54) is 28.5 Å². The van der Waals surface area contributed by atoms with Crippen LogP contribution in [-0.4, -0.2) is 55.1 Å². The van der Waals surface area contributed by atoms with E-state index in [1.807, 2.05) is 66.9 Å². The molecule has 4 aromatic heterocycles. The largest absolute Gasteiger partial charge is 0.354 e. The van der Waals surface area contributed by atoms with Crippen molar-refractivity contribution in [1.82, 2.24) is 29.9 Å². The van der Waals surface area contributed by atoms with Crippen LogP contribution in [0.5, 0.6) is 0 Å². The van der Waals surface area contributed by atoms with Crippen molar-refractivity contribution >= 4 is 22.7 Å². The molecule has 9 rings (SSSR count). The first-order valence-corrected chi connectivity index (χ1v) is 21.0. The van der Waals surface area contributed by atoms with E-state index in [0.29, 0.717) is 48.2 Å². The zero-order valence-electron chi connectivity index (χ0n) is 35.0. The molecule has 0 radical (unpaired) electrons. The van der Waals surface area contributed by atoms with E-state index < -0.39 is 0 Å². The number of halogens is 1. The van der Waals surface area contributed by atoms with Gasteiger partial charge in [0.05, 0.1) is 17.0 Å². The standard InChI is InChI=1S/C28H25N5.C24H22FN5O/c29-25(16-20-6-2-1-3-7-20)18-31-28-32-19-26(27(33-28)22-12-14-30-15-13-22)24-11-10-21-8-4-5-9-23(21)17-24;25-19-8-6-17(7-9-19)21-22(18-10-12-27-13-11-18)29-24(30-23(21)31)28-15-20(26)14-16-4-2-1-3-5-16/h1-15,17,19,25H,16,18,29H2,(H,31,32,33);1-13,20H,14-15,26H2,(H2,28,29,30,31)/t25-;20-/m00/s1. The third kappa shape index (κ3) is 11.1. The predicted octanol–water partition coefficient (Wildman–Crippen LogP) is 8.96. The fourth-order valence-corrected chi connectivity index (χ4v) is 7.35. The minimum Gasteiger partial charge on any atom is -0.354 e. The first-order chi connectivity index (χ1) is 31.4. The zero-order chi connectivity index (χ0) is 44.1. The van der Waals surface area contributed by atoms with Gasteiger partial charge in [-0.3, -0.25) is 19.7 Å². The number of aromatic amines is 1. The van der Waals surface area contributed by atoms with Gasteiger partial charge in [-0.2, -0.15) is 0 Å². The molecule has 0 aliphatic rings. The van der Waals surface area contributed by atoms with Crippen molar-refractivity contribution in [1.29, 1.82) is 0 Å². The van der Waals surface area contributed by atoms with Crippen LogP contribution >= 0.6 is 0 Å². The summed E-state index contributed by atoms with van der Waals surface area (Å²) < 4.78 is 13.4. The molecule has 0 spiro atoms. The van der Waals surface area contributed by atoms with Gasteiger partial charge in [0.25, 0.3) is 5.56 Å². The predicted molar refractivity (Wildman–Crippen MR) is 255 cm³/mol. The maximum atomic E-state index is 13.4. The molecule has 0 fully saturated rings. The van der Waals surface area contributed by atoms with E-state index in [0.717, 1.165) is 39.9 Å². The first kappa shape index (κ1) is 42.7.